The molecule has 37 heavy (non-hydrogen) atoms. The first-order valence-electron chi connectivity index (χ1n) is 12.3. The van der Waals surface area contributed by atoms with E-state index in [1.807, 2.05) is 106 Å². The summed E-state index contributed by atoms with van der Waals surface area (Å²) in [5, 5.41) is 13.3. The number of para-hydroxylation sites is 2. The maximum absolute atomic E-state index is 13.4. The molecule has 1 N–H and O–H groups in total. The molecule has 0 fully saturated rings. The molecule has 6 heteroatoms. The molecule has 4 aromatic rings. The standard InChI is InChI=1S/C31H29N3O2S/c1-4-29(30(35)33-26-13-9-10-14-28(26)36-5-2)37-31-25(20-32)24(22-17-15-21(3)16-18-22)19-27(34-31)23-11-7-6-8-12-23/h6-19,29H,4-5H2,1-3H3,(H,33,35). The van der Waals surface area contributed by atoms with Crippen LogP contribution in [0.25, 0.3) is 22.4 Å². The molecule has 0 aliphatic heterocycles. The SMILES string of the molecule is CCOc1ccccc1NC(=O)C(CC)Sc1nc(-c2ccccc2)cc(-c2ccc(C)cc2)c1C#N. The van der Waals surface area contributed by atoms with E-state index in [-0.39, 0.29) is 5.91 Å². The summed E-state index contributed by atoms with van der Waals surface area (Å²) >= 11 is 1.32. The minimum Gasteiger partial charge on any atom is -0.492 e. The van der Waals surface area contributed by atoms with Crippen LogP contribution in [0, 0.1) is 18.3 Å². The fraction of sp³-hybridized carbons (Fsp3) is 0.194. The summed E-state index contributed by atoms with van der Waals surface area (Å²) in [6.07, 6.45) is 0.565. The van der Waals surface area contributed by atoms with Crippen LogP contribution in [0.4, 0.5) is 5.69 Å². The Balaban J connectivity index is 1.74. The second-order valence-corrected chi connectivity index (χ2v) is 9.70. The summed E-state index contributed by atoms with van der Waals surface area (Å²) in [5.74, 6) is 0.467. The number of anilines is 1. The topological polar surface area (TPSA) is 75.0 Å². The Kier molecular flexibility index (Phi) is 8.60. The number of nitriles is 1. The molecule has 1 heterocycles. The highest BCUT2D eigenvalue weighted by atomic mass is 32.2. The van der Waals surface area contributed by atoms with E-state index in [0.29, 0.717) is 35.1 Å². The zero-order valence-electron chi connectivity index (χ0n) is 21.2. The van der Waals surface area contributed by atoms with Crippen LogP contribution in [0.5, 0.6) is 5.75 Å². The van der Waals surface area contributed by atoms with Crippen molar-refractivity contribution in [2.24, 2.45) is 0 Å². The molecule has 1 unspecified atom stereocenters. The van der Waals surface area contributed by atoms with Gasteiger partial charge in [0.05, 0.1) is 28.8 Å². The second kappa shape index (κ2) is 12.2. The summed E-state index contributed by atoms with van der Waals surface area (Å²) in [5.41, 5.74) is 5.68. The van der Waals surface area contributed by atoms with E-state index in [4.69, 9.17) is 9.72 Å². The molecule has 0 saturated heterocycles. The smallest absolute Gasteiger partial charge is 0.238 e. The predicted octanol–water partition coefficient (Wildman–Crippen LogP) is 7.50. The van der Waals surface area contributed by atoms with Crippen LogP contribution < -0.4 is 10.1 Å². The quantitative estimate of drug-likeness (QED) is 0.237. The van der Waals surface area contributed by atoms with Crippen LogP contribution >= 0.6 is 11.8 Å². The van der Waals surface area contributed by atoms with Crippen LogP contribution in [0.15, 0.2) is 90.0 Å². The monoisotopic (exact) mass is 507 g/mol. The normalized spacial score (nSPS) is 11.4. The van der Waals surface area contributed by atoms with Crippen LogP contribution in [0.2, 0.25) is 0 Å². The van der Waals surface area contributed by atoms with Crippen molar-refractivity contribution in [1.82, 2.24) is 4.98 Å². The number of pyridine rings is 1. The third kappa shape index (κ3) is 6.19. The Hall–Kier alpha value is -4.08. The average molecular weight is 508 g/mol. The first kappa shape index (κ1) is 26.0. The molecule has 1 atom stereocenters. The van der Waals surface area contributed by atoms with Gasteiger partial charge in [-0.25, -0.2) is 4.98 Å². The van der Waals surface area contributed by atoms with Crippen molar-refractivity contribution >= 4 is 23.4 Å². The van der Waals surface area contributed by atoms with Gasteiger partial charge in [-0.3, -0.25) is 4.79 Å². The minimum atomic E-state index is -0.453. The fourth-order valence-electron chi connectivity index (χ4n) is 3.95. The molecule has 4 rings (SSSR count). The van der Waals surface area contributed by atoms with Gasteiger partial charge in [-0.1, -0.05) is 91.0 Å². The summed E-state index contributed by atoms with van der Waals surface area (Å²) in [4.78, 5) is 18.2. The number of hydrogen-bond donors (Lipinski definition) is 1. The Morgan fingerprint density at radius 3 is 2.38 bits per heavy atom. The van der Waals surface area contributed by atoms with Crippen molar-refractivity contribution in [2.45, 2.75) is 37.5 Å². The number of nitrogens with zero attached hydrogens (tertiary/aromatic N) is 2. The number of carbonyl (C=O) groups is 1. The van der Waals surface area contributed by atoms with Crippen molar-refractivity contribution in [3.05, 3.63) is 96.1 Å². The molecule has 186 valence electrons. The lowest BCUT2D eigenvalue weighted by molar-refractivity contribution is -0.115. The number of benzene rings is 3. The number of aryl methyl sites for hydroxylation is 1. The van der Waals surface area contributed by atoms with Gasteiger partial charge >= 0.3 is 0 Å². The number of thioether (sulfide) groups is 1. The Morgan fingerprint density at radius 1 is 1.00 bits per heavy atom. The van der Waals surface area contributed by atoms with Gasteiger partial charge in [-0.2, -0.15) is 5.26 Å². The molecule has 0 aliphatic rings. The van der Waals surface area contributed by atoms with Crippen molar-refractivity contribution in [1.29, 1.82) is 5.26 Å². The first-order chi connectivity index (χ1) is 18.0. The van der Waals surface area contributed by atoms with Gasteiger partial charge in [0.2, 0.25) is 5.91 Å². The fourth-order valence-corrected chi connectivity index (χ4v) is 4.98. The summed E-state index contributed by atoms with van der Waals surface area (Å²) < 4.78 is 5.67. The van der Waals surface area contributed by atoms with Gasteiger partial charge in [0.15, 0.2) is 0 Å². The van der Waals surface area contributed by atoms with E-state index in [9.17, 15) is 10.1 Å². The predicted molar refractivity (Wildman–Crippen MR) is 151 cm³/mol. The zero-order chi connectivity index (χ0) is 26.2. The van der Waals surface area contributed by atoms with Gasteiger partial charge in [0, 0.05) is 11.1 Å². The highest BCUT2D eigenvalue weighted by Gasteiger charge is 2.24. The highest BCUT2D eigenvalue weighted by Crippen LogP contribution is 2.37. The molecule has 1 aromatic heterocycles. The van der Waals surface area contributed by atoms with Gasteiger partial charge in [0.1, 0.15) is 16.8 Å². The van der Waals surface area contributed by atoms with Gasteiger partial charge in [-0.15, -0.1) is 0 Å². The molecule has 3 aromatic carbocycles. The van der Waals surface area contributed by atoms with Crippen LogP contribution in [0.3, 0.4) is 0 Å². The largest absolute Gasteiger partial charge is 0.492 e. The maximum atomic E-state index is 13.4. The summed E-state index contributed by atoms with van der Waals surface area (Å²) in [6.45, 7) is 6.40. The third-order valence-electron chi connectivity index (χ3n) is 5.89. The molecule has 0 radical (unpaired) electrons. The molecule has 1 amide bonds. The molecule has 0 saturated carbocycles. The molecule has 0 spiro atoms. The van der Waals surface area contributed by atoms with E-state index in [2.05, 4.69) is 11.4 Å². The van der Waals surface area contributed by atoms with Crippen molar-refractivity contribution in [2.75, 3.05) is 11.9 Å². The third-order valence-corrected chi connectivity index (χ3v) is 7.24. The lowest BCUT2D eigenvalue weighted by Crippen LogP contribution is -2.25. The zero-order valence-corrected chi connectivity index (χ0v) is 22.0. The highest BCUT2D eigenvalue weighted by molar-refractivity contribution is 8.00. The average Bonchev–Trinajstić information content (AvgIpc) is 2.93. The molecule has 0 bridgehead atoms. The van der Waals surface area contributed by atoms with E-state index in [1.54, 1.807) is 0 Å². The Bertz CT molecular complexity index is 1410. The van der Waals surface area contributed by atoms with Gasteiger partial charge in [0.25, 0.3) is 0 Å². The number of aromatic nitrogens is 1. The van der Waals surface area contributed by atoms with Crippen LogP contribution in [-0.4, -0.2) is 22.7 Å². The van der Waals surface area contributed by atoms with Crippen molar-refractivity contribution in [3.8, 4) is 34.2 Å². The number of hydrogen-bond acceptors (Lipinski definition) is 5. The second-order valence-electron chi connectivity index (χ2n) is 8.51. The molecule has 0 aliphatic carbocycles. The van der Waals surface area contributed by atoms with Crippen LogP contribution in [-0.2, 0) is 4.79 Å². The number of carbonyl (C=O) groups excluding carboxylic acids is 1. The van der Waals surface area contributed by atoms with E-state index >= 15 is 0 Å². The summed E-state index contributed by atoms with van der Waals surface area (Å²) in [6, 6.07) is 29.7. The number of ether oxygens (including phenoxy) is 1. The number of rotatable bonds is 9. The lowest BCUT2D eigenvalue weighted by atomic mass is 9.98. The Morgan fingerprint density at radius 2 is 1.70 bits per heavy atom. The number of nitrogens with one attached hydrogen (secondary N) is 1. The maximum Gasteiger partial charge on any atom is 0.238 e. The van der Waals surface area contributed by atoms with Crippen molar-refractivity contribution < 1.29 is 9.53 Å². The van der Waals surface area contributed by atoms with E-state index in [0.717, 1.165) is 27.9 Å². The van der Waals surface area contributed by atoms with E-state index in [1.165, 1.54) is 11.8 Å². The van der Waals surface area contributed by atoms with Crippen LogP contribution in [0.1, 0.15) is 31.4 Å². The Labute approximate surface area is 222 Å². The van der Waals surface area contributed by atoms with Gasteiger partial charge in [-0.05, 0) is 44.0 Å². The lowest BCUT2D eigenvalue weighted by Gasteiger charge is -2.18. The molecular weight excluding hydrogens is 478 g/mol. The minimum absolute atomic E-state index is 0.160. The summed E-state index contributed by atoms with van der Waals surface area (Å²) in [7, 11) is 0. The molecular formula is C31H29N3O2S. The van der Waals surface area contributed by atoms with E-state index < -0.39 is 5.25 Å². The molecule has 5 nitrogen and oxygen atoms in total. The number of amides is 1. The van der Waals surface area contributed by atoms with Gasteiger partial charge < -0.3 is 10.1 Å². The first-order valence-corrected chi connectivity index (χ1v) is 13.2. The van der Waals surface area contributed by atoms with Crippen molar-refractivity contribution in [3.63, 3.8) is 0 Å².